The van der Waals surface area contributed by atoms with E-state index in [0.29, 0.717) is 6.54 Å². The number of hydrogen-bond acceptors (Lipinski definition) is 4. The zero-order valence-corrected chi connectivity index (χ0v) is 14.9. The highest BCUT2D eigenvalue weighted by atomic mass is 32.2. The molecular weight excluding hydrogens is 341 g/mol. The Hall–Kier alpha value is -1.89. The Morgan fingerprint density at radius 1 is 1.20 bits per heavy atom. The summed E-state index contributed by atoms with van der Waals surface area (Å²) in [5.74, 6) is -0.179. The maximum Gasteiger partial charge on any atom is 0.230 e. The normalized spacial score (nSPS) is 12.0. The molecule has 0 radical (unpaired) electrons. The van der Waals surface area contributed by atoms with Crippen LogP contribution in [0.2, 0.25) is 0 Å². The smallest absolute Gasteiger partial charge is 0.230 e. The first kappa shape index (κ1) is 19.4. The fraction of sp³-hybridized carbons (Fsp3) is 0.316. The standard InChI is InChI=1S/C19H22FNO3S/c1-14-2-4-15(5-3-14)18(24-11-10-22)12-21-19(23)13-25-17-8-6-16(20)7-9-17/h2-9,18,22H,10-13H2,1H3,(H,21,23). The second-order valence-corrected chi connectivity index (χ2v) is 6.59. The second-order valence-electron chi connectivity index (χ2n) is 5.54. The third kappa shape index (κ3) is 6.86. The van der Waals surface area contributed by atoms with Gasteiger partial charge < -0.3 is 15.2 Å². The van der Waals surface area contributed by atoms with Crippen molar-refractivity contribution >= 4 is 17.7 Å². The summed E-state index contributed by atoms with van der Waals surface area (Å²) in [6, 6.07) is 13.9. The highest BCUT2D eigenvalue weighted by molar-refractivity contribution is 8.00. The summed E-state index contributed by atoms with van der Waals surface area (Å²) in [6.45, 7) is 2.46. The van der Waals surface area contributed by atoms with Crippen LogP contribution in [0.5, 0.6) is 0 Å². The van der Waals surface area contributed by atoms with Crippen LogP contribution >= 0.6 is 11.8 Å². The lowest BCUT2D eigenvalue weighted by Gasteiger charge is -2.19. The van der Waals surface area contributed by atoms with Crippen molar-refractivity contribution in [2.75, 3.05) is 25.5 Å². The van der Waals surface area contributed by atoms with E-state index in [1.165, 1.54) is 23.9 Å². The molecule has 1 amide bonds. The van der Waals surface area contributed by atoms with E-state index in [-0.39, 0.29) is 36.8 Å². The molecule has 0 aliphatic rings. The van der Waals surface area contributed by atoms with Crippen molar-refractivity contribution in [3.8, 4) is 0 Å². The SMILES string of the molecule is Cc1ccc(C(CNC(=O)CSc2ccc(F)cc2)OCCO)cc1. The van der Waals surface area contributed by atoms with E-state index in [0.717, 1.165) is 16.0 Å². The Balaban J connectivity index is 1.84. The van der Waals surface area contributed by atoms with Gasteiger partial charge in [0.1, 0.15) is 5.82 Å². The molecule has 1 unspecified atom stereocenters. The zero-order chi connectivity index (χ0) is 18.1. The molecule has 0 saturated heterocycles. The Labute approximate surface area is 151 Å². The highest BCUT2D eigenvalue weighted by Crippen LogP contribution is 2.19. The van der Waals surface area contributed by atoms with E-state index in [9.17, 15) is 9.18 Å². The fourth-order valence-corrected chi connectivity index (χ4v) is 2.91. The molecule has 0 fully saturated rings. The van der Waals surface area contributed by atoms with Crippen LogP contribution in [0.15, 0.2) is 53.4 Å². The number of rotatable bonds is 9. The van der Waals surface area contributed by atoms with Crippen LogP contribution in [0, 0.1) is 12.7 Å². The molecule has 2 aromatic carbocycles. The van der Waals surface area contributed by atoms with E-state index in [1.807, 2.05) is 31.2 Å². The summed E-state index contributed by atoms with van der Waals surface area (Å²) in [5.41, 5.74) is 2.09. The molecule has 0 aromatic heterocycles. The molecular formula is C19H22FNO3S. The maximum absolute atomic E-state index is 12.9. The minimum atomic E-state index is -0.312. The number of nitrogens with one attached hydrogen (secondary N) is 1. The quantitative estimate of drug-likeness (QED) is 0.672. The number of carbonyl (C=O) groups excluding carboxylic acids is 1. The summed E-state index contributed by atoms with van der Waals surface area (Å²) in [6.07, 6.45) is -0.312. The molecule has 0 aliphatic carbocycles. The molecule has 0 saturated carbocycles. The van der Waals surface area contributed by atoms with Crippen molar-refractivity contribution in [1.29, 1.82) is 0 Å². The topological polar surface area (TPSA) is 58.6 Å². The van der Waals surface area contributed by atoms with Gasteiger partial charge in [0, 0.05) is 11.4 Å². The molecule has 2 rings (SSSR count). The minimum absolute atomic E-state index is 0.0727. The lowest BCUT2D eigenvalue weighted by molar-refractivity contribution is -0.119. The van der Waals surface area contributed by atoms with Crippen molar-refractivity contribution in [2.45, 2.75) is 17.9 Å². The summed E-state index contributed by atoms with van der Waals surface area (Å²) in [7, 11) is 0. The monoisotopic (exact) mass is 363 g/mol. The van der Waals surface area contributed by atoms with Crippen molar-refractivity contribution < 1.29 is 19.0 Å². The summed E-state index contributed by atoms with van der Waals surface area (Å²) < 4.78 is 18.5. The van der Waals surface area contributed by atoms with Gasteiger partial charge in [0.25, 0.3) is 0 Å². The third-order valence-corrected chi connectivity index (χ3v) is 4.54. The molecule has 4 nitrogen and oxygen atoms in total. The van der Waals surface area contributed by atoms with Crippen molar-refractivity contribution in [2.24, 2.45) is 0 Å². The molecule has 0 spiro atoms. The van der Waals surface area contributed by atoms with Crippen molar-refractivity contribution in [3.05, 3.63) is 65.5 Å². The molecule has 0 heterocycles. The van der Waals surface area contributed by atoms with Gasteiger partial charge in [-0.2, -0.15) is 0 Å². The van der Waals surface area contributed by atoms with Gasteiger partial charge in [0.05, 0.1) is 25.1 Å². The summed E-state index contributed by atoms with van der Waals surface area (Å²) >= 11 is 1.35. The van der Waals surface area contributed by atoms with E-state index in [2.05, 4.69) is 5.32 Å². The van der Waals surface area contributed by atoms with Crippen LogP contribution in [0.1, 0.15) is 17.2 Å². The number of amides is 1. The number of thioether (sulfide) groups is 1. The predicted molar refractivity (Wildman–Crippen MR) is 97.1 cm³/mol. The molecule has 2 aromatic rings. The van der Waals surface area contributed by atoms with E-state index >= 15 is 0 Å². The fourth-order valence-electron chi connectivity index (χ4n) is 2.19. The average molecular weight is 363 g/mol. The van der Waals surface area contributed by atoms with Gasteiger partial charge in [-0.05, 0) is 36.8 Å². The van der Waals surface area contributed by atoms with Gasteiger partial charge in [-0.25, -0.2) is 4.39 Å². The molecule has 25 heavy (non-hydrogen) atoms. The Bertz CT molecular complexity index is 661. The van der Waals surface area contributed by atoms with Gasteiger partial charge in [-0.1, -0.05) is 29.8 Å². The minimum Gasteiger partial charge on any atom is -0.394 e. The summed E-state index contributed by atoms with van der Waals surface area (Å²) in [5, 5.41) is 11.8. The number of halogens is 1. The number of aliphatic hydroxyl groups excluding tert-OH is 1. The number of benzene rings is 2. The molecule has 1 atom stereocenters. The van der Waals surface area contributed by atoms with Crippen LogP contribution in [0.3, 0.4) is 0 Å². The molecule has 6 heteroatoms. The van der Waals surface area contributed by atoms with Gasteiger partial charge in [0.2, 0.25) is 5.91 Å². The van der Waals surface area contributed by atoms with Gasteiger partial charge in [-0.3, -0.25) is 4.79 Å². The van der Waals surface area contributed by atoms with Crippen LogP contribution in [-0.4, -0.2) is 36.5 Å². The van der Waals surface area contributed by atoms with Crippen LogP contribution in [0.25, 0.3) is 0 Å². The first-order chi connectivity index (χ1) is 12.1. The number of aliphatic hydroxyl groups is 1. The Kier molecular flexibility index (Phi) is 7.91. The lowest BCUT2D eigenvalue weighted by atomic mass is 10.1. The van der Waals surface area contributed by atoms with Crippen molar-refractivity contribution in [3.63, 3.8) is 0 Å². The molecule has 2 N–H and O–H groups in total. The largest absolute Gasteiger partial charge is 0.394 e. The zero-order valence-electron chi connectivity index (χ0n) is 14.1. The maximum atomic E-state index is 12.9. The van der Waals surface area contributed by atoms with Crippen molar-refractivity contribution in [1.82, 2.24) is 5.32 Å². The number of carbonyl (C=O) groups is 1. The molecule has 0 aliphatic heterocycles. The van der Waals surface area contributed by atoms with Gasteiger partial charge in [0.15, 0.2) is 0 Å². The Morgan fingerprint density at radius 3 is 2.52 bits per heavy atom. The third-order valence-electron chi connectivity index (χ3n) is 3.53. The highest BCUT2D eigenvalue weighted by Gasteiger charge is 2.13. The van der Waals surface area contributed by atoms with Gasteiger partial charge in [-0.15, -0.1) is 11.8 Å². The average Bonchev–Trinajstić information content (AvgIpc) is 2.62. The van der Waals surface area contributed by atoms with Crippen LogP contribution < -0.4 is 5.32 Å². The van der Waals surface area contributed by atoms with E-state index < -0.39 is 0 Å². The number of ether oxygens (including phenoxy) is 1. The number of aryl methyl sites for hydroxylation is 1. The lowest BCUT2D eigenvalue weighted by Crippen LogP contribution is -2.31. The first-order valence-corrected chi connectivity index (χ1v) is 9.01. The van der Waals surface area contributed by atoms with E-state index in [1.54, 1.807) is 12.1 Å². The second kappa shape index (κ2) is 10.2. The molecule has 134 valence electrons. The van der Waals surface area contributed by atoms with Crippen LogP contribution in [0.4, 0.5) is 4.39 Å². The number of hydrogen-bond donors (Lipinski definition) is 2. The first-order valence-electron chi connectivity index (χ1n) is 8.02. The predicted octanol–water partition coefficient (Wildman–Crippen LogP) is 3.09. The van der Waals surface area contributed by atoms with Gasteiger partial charge >= 0.3 is 0 Å². The Morgan fingerprint density at radius 2 is 1.88 bits per heavy atom. The van der Waals surface area contributed by atoms with Crippen LogP contribution in [-0.2, 0) is 9.53 Å². The summed E-state index contributed by atoms with van der Waals surface area (Å²) in [4.78, 5) is 12.9. The molecule has 0 bridgehead atoms. The van der Waals surface area contributed by atoms with E-state index in [4.69, 9.17) is 9.84 Å².